The molecule has 25 heavy (non-hydrogen) atoms. The van der Waals surface area contributed by atoms with E-state index in [1.807, 2.05) is 0 Å². The minimum atomic E-state index is -5.72. The van der Waals surface area contributed by atoms with Crippen molar-refractivity contribution in [2.24, 2.45) is 0 Å². The van der Waals surface area contributed by atoms with Gasteiger partial charge in [-0.15, -0.1) is 0 Å². The number of hydrogen-bond donors (Lipinski definition) is 2. The Morgan fingerprint density at radius 2 is 0.960 bits per heavy atom. The molecule has 0 fully saturated rings. The van der Waals surface area contributed by atoms with Gasteiger partial charge in [-0.1, -0.05) is 12.1 Å². The highest BCUT2D eigenvalue weighted by Gasteiger charge is 2.72. The van der Waals surface area contributed by atoms with Gasteiger partial charge in [0.05, 0.1) is 7.14 Å². The maximum atomic E-state index is 13.9. The Morgan fingerprint density at radius 1 is 0.640 bits per heavy atom. The van der Waals surface area contributed by atoms with Crippen LogP contribution in [0.25, 0.3) is 0 Å². The largest absolute Gasteiger partial charge is 0.507 e. The van der Waals surface area contributed by atoms with Gasteiger partial charge in [-0.2, -0.15) is 26.3 Å². The molecular weight excluding hydrogens is 580 g/mol. The normalized spacial score (nSPS) is 13.1. The average Bonchev–Trinajstić information content (AvgIpc) is 2.44. The molecule has 2 rings (SSSR count). The summed E-state index contributed by atoms with van der Waals surface area (Å²) in [6.07, 6.45) is -11.4. The molecule has 0 unspecified atom stereocenters. The van der Waals surface area contributed by atoms with Crippen LogP contribution in [-0.4, -0.2) is 22.6 Å². The van der Waals surface area contributed by atoms with E-state index in [1.54, 1.807) is 0 Å². The van der Waals surface area contributed by atoms with Gasteiger partial charge in [0.2, 0.25) is 5.41 Å². The van der Waals surface area contributed by atoms with Crippen LogP contribution in [0.2, 0.25) is 0 Å². The van der Waals surface area contributed by atoms with E-state index in [0.29, 0.717) is 24.3 Å². The smallest absolute Gasteiger partial charge is 0.411 e. The fourth-order valence-corrected chi connectivity index (χ4v) is 3.49. The predicted octanol–water partition coefficient (Wildman–Crippen LogP) is 5.72. The first-order valence-corrected chi connectivity index (χ1v) is 8.59. The predicted molar refractivity (Wildman–Crippen MR) is 94.5 cm³/mol. The van der Waals surface area contributed by atoms with Crippen LogP contribution in [0.15, 0.2) is 36.4 Å². The SMILES string of the molecule is Oc1ccc(C(c2ccc(O)c(I)c2)(C(F)(F)F)C(F)(F)F)cc1I. The average molecular weight is 588 g/mol. The first-order chi connectivity index (χ1) is 11.3. The number of alkyl halides is 6. The Bertz CT molecular complexity index is 734. The van der Waals surface area contributed by atoms with Crippen LogP contribution < -0.4 is 0 Å². The highest BCUT2D eigenvalue weighted by atomic mass is 127. The lowest BCUT2D eigenvalue weighted by Gasteiger charge is -2.38. The number of halogens is 8. The van der Waals surface area contributed by atoms with Crippen molar-refractivity contribution in [3.05, 3.63) is 54.7 Å². The molecule has 0 aromatic heterocycles. The molecule has 2 aromatic carbocycles. The first-order valence-electron chi connectivity index (χ1n) is 6.44. The highest BCUT2D eigenvalue weighted by molar-refractivity contribution is 14.1. The third-order valence-electron chi connectivity index (χ3n) is 3.61. The molecule has 0 aliphatic rings. The molecule has 0 saturated heterocycles. The van der Waals surface area contributed by atoms with Gasteiger partial charge in [0.15, 0.2) is 0 Å². The molecule has 2 aromatic rings. The number of phenols is 2. The molecule has 0 bridgehead atoms. The van der Waals surface area contributed by atoms with Crippen LogP contribution in [0.4, 0.5) is 26.3 Å². The maximum absolute atomic E-state index is 13.9. The maximum Gasteiger partial charge on any atom is 0.411 e. The molecule has 0 heterocycles. The fraction of sp³-hybridized carbons (Fsp3) is 0.200. The fourth-order valence-electron chi connectivity index (χ4n) is 2.46. The zero-order valence-electron chi connectivity index (χ0n) is 11.9. The van der Waals surface area contributed by atoms with E-state index in [0.717, 1.165) is 12.1 Å². The van der Waals surface area contributed by atoms with Crippen molar-refractivity contribution in [2.75, 3.05) is 0 Å². The summed E-state index contributed by atoms with van der Waals surface area (Å²) in [5.74, 6) is -0.856. The Labute approximate surface area is 165 Å². The van der Waals surface area contributed by atoms with Crippen molar-refractivity contribution < 1.29 is 36.6 Å². The third-order valence-corrected chi connectivity index (χ3v) is 5.34. The van der Waals surface area contributed by atoms with E-state index < -0.39 is 40.4 Å². The first kappa shape index (κ1) is 20.4. The standard InChI is InChI=1S/C15H8F6I2O2/c16-14(17,18)13(15(19,20)21,7-1-3-11(24)9(22)5-7)8-2-4-12(25)10(23)6-8/h1-6,24-25H. The number of aromatic hydroxyl groups is 2. The molecule has 0 spiro atoms. The lowest BCUT2D eigenvalue weighted by atomic mass is 9.73. The van der Waals surface area contributed by atoms with Crippen molar-refractivity contribution >= 4 is 45.2 Å². The highest BCUT2D eigenvalue weighted by Crippen LogP contribution is 2.56. The van der Waals surface area contributed by atoms with Gasteiger partial charge in [-0.3, -0.25) is 0 Å². The number of phenolic OH excluding ortho intramolecular Hbond substituents is 2. The van der Waals surface area contributed by atoms with E-state index in [1.165, 1.54) is 45.2 Å². The molecule has 136 valence electrons. The van der Waals surface area contributed by atoms with Crippen LogP contribution in [0, 0.1) is 7.14 Å². The van der Waals surface area contributed by atoms with Gasteiger partial charge in [-0.05, 0) is 80.6 Å². The lowest BCUT2D eigenvalue weighted by Crippen LogP contribution is -2.54. The second-order valence-electron chi connectivity index (χ2n) is 5.08. The van der Waals surface area contributed by atoms with Gasteiger partial charge >= 0.3 is 12.4 Å². The molecule has 0 radical (unpaired) electrons. The summed E-state index contributed by atoms with van der Waals surface area (Å²) in [6, 6.07) is 4.06. The molecule has 2 nitrogen and oxygen atoms in total. The summed E-state index contributed by atoms with van der Waals surface area (Å²) in [4.78, 5) is 0. The van der Waals surface area contributed by atoms with Gasteiger partial charge in [0.1, 0.15) is 11.5 Å². The summed E-state index contributed by atoms with van der Waals surface area (Å²) >= 11 is 2.90. The van der Waals surface area contributed by atoms with Crippen LogP contribution in [0.1, 0.15) is 11.1 Å². The van der Waals surface area contributed by atoms with E-state index in [2.05, 4.69) is 0 Å². The summed E-state index contributed by atoms with van der Waals surface area (Å²) in [6.45, 7) is 0. The topological polar surface area (TPSA) is 40.5 Å². The minimum Gasteiger partial charge on any atom is -0.507 e. The molecule has 0 aliphatic heterocycles. The van der Waals surface area contributed by atoms with Crippen LogP contribution in [0.5, 0.6) is 11.5 Å². The van der Waals surface area contributed by atoms with E-state index in [-0.39, 0.29) is 7.14 Å². The van der Waals surface area contributed by atoms with Gasteiger partial charge < -0.3 is 10.2 Å². The minimum absolute atomic E-state index is 0.151. The zero-order valence-corrected chi connectivity index (χ0v) is 16.2. The number of rotatable bonds is 2. The van der Waals surface area contributed by atoms with E-state index in [4.69, 9.17) is 0 Å². The van der Waals surface area contributed by atoms with Crippen LogP contribution in [-0.2, 0) is 5.41 Å². The molecule has 0 amide bonds. The Morgan fingerprint density at radius 3 is 1.20 bits per heavy atom. The summed E-state index contributed by atoms with van der Waals surface area (Å²) < 4.78 is 82.8. The molecule has 2 N–H and O–H groups in total. The van der Waals surface area contributed by atoms with Crippen molar-refractivity contribution in [1.82, 2.24) is 0 Å². The Kier molecular flexibility index (Phi) is 5.44. The van der Waals surface area contributed by atoms with Crippen LogP contribution in [0.3, 0.4) is 0 Å². The molecule has 0 aliphatic carbocycles. The van der Waals surface area contributed by atoms with Crippen molar-refractivity contribution in [3.63, 3.8) is 0 Å². The Hall–Kier alpha value is -0.920. The lowest BCUT2D eigenvalue weighted by molar-refractivity contribution is -0.288. The molecule has 0 saturated carbocycles. The summed E-state index contributed by atoms with van der Waals surface area (Å²) in [5, 5.41) is 18.9. The number of benzene rings is 2. The molecule has 10 heteroatoms. The third kappa shape index (κ3) is 3.38. The Balaban J connectivity index is 2.96. The summed E-state index contributed by atoms with van der Waals surface area (Å²) in [5.41, 5.74) is -6.45. The number of hydrogen-bond acceptors (Lipinski definition) is 2. The second-order valence-corrected chi connectivity index (χ2v) is 7.40. The van der Waals surface area contributed by atoms with Crippen molar-refractivity contribution in [3.8, 4) is 11.5 Å². The zero-order chi connectivity index (χ0) is 19.2. The van der Waals surface area contributed by atoms with Gasteiger partial charge in [-0.25, -0.2) is 0 Å². The van der Waals surface area contributed by atoms with E-state index in [9.17, 15) is 36.6 Å². The van der Waals surface area contributed by atoms with Gasteiger partial charge in [0.25, 0.3) is 0 Å². The van der Waals surface area contributed by atoms with Crippen LogP contribution >= 0.6 is 45.2 Å². The summed E-state index contributed by atoms with van der Waals surface area (Å²) in [7, 11) is 0. The molecule has 0 atom stereocenters. The van der Waals surface area contributed by atoms with Crippen molar-refractivity contribution in [2.45, 2.75) is 17.8 Å². The van der Waals surface area contributed by atoms with Gasteiger partial charge in [0, 0.05) is 0 Å². The molecular formula is C15H8F6I2O2. The monoisotopic (exact) mass is 588 g/mol. The second kappa shape index (κ2) is 6.67. The van der Waals surface area contributed by atoms with E-state index >= 15 is 0 Å². The van der Waals surface area contributed by atoms with Crippen molar-refractivity contribution in [1.29, 1.82) is 0 Å². The quantitative estimate of drug-likeness (QED) is 0.349.